The number of nitrogens with zero attached hydrogens (tertiary/aromatic N) is 2. The first-order valence-electron chi connectivity index (χ1n) is 5.35. The van der Waals surface area contributed by atoms with Crippen LogP contribution >= 0.6 is 23.8 Å². The van der Waals surface area contributed by atoms with Crippen molar-refractivity contribution in [3.63, 3.8) is 0 Å². The maximum absolute atomic E-state index is 5.89. The van der Waals surface area contributed by atoms with Crippen molar-refractivity contribution in [2.24, 2.45) is 5.92 Å². The third kappa shape index (κ3) is 2.68. The van der Waals surface area contributed by atoms with E-state index in [0.717, 1.165) is 17.7 Å². The number of hydrogen-bond donors (Lipinski definition) is 1. The van der Waals surface area contributed by atoms with Crippen LogP contribution in [0.4, 0.5) is 0 Å². The fourth-order valence-corrected chi connectivity index (χ4v) is 2.27. The van der Waals surface area contributed by atoms with Gasteiger partial charge in [-0.3, -0.25) is 0 Å². The molecule has 2 rings (SSSR count). The first kappa shape index (κ1) is 12.5. The van der Waals surface area contributed by atoms with Gasteiger partial charge in [-0.05, 0) is 24.2 Å². The molecule has 1 unspecified atom stereocenters. The number of nitrogens with one attached hydrogen (secondary N) is 1. The summed E-state index contributed by atoms with van der Waals surface area (Å²) in [6.45, 7) is 3.59. The van der Waals surface area contributed by atoms with Crippen LogP contribution in [0.25, 0.3) is 11.2 Å². The van der Waals surface area contributed by atoms with E-state index in [1.54, 1.807) is 13.3 Å². The Labute approximate surface area is 110 Å². The lowest BCUT2D eigenvalue weighted by atomic mass is 10.2. The van der Waals surface area contributed by atoms with Crippen molar-refractivity contribution in [2.75, 3.05) is 13.7 Å². The summed E-state index contributed by atoms with van der Waals surface area (Å²) in [5, 5.41) is 0.603. The van der Waals surface area contributed by atoms with Crippen LogP contribution in [0.3, 0.4) is 0 Å². The minimum atomic E-state index is 0.378. The number of H-pyrrole nitrogens is 1. The zero-order chi connectivity index (χ0) is 12.4. The highest BCUT2D eigenvalue weighted by molar-refractivity contribution is 7.71. The molecular weight excluding hydrogens is 258 g/mol. The third-order valence-corrected chi connectivity index (χ3v) is 3.05. The summed E-state index contributed by atoms with van der Waals surface area (Å²) in [6.07, 6.45) is 1.63. The van der Waals surface area contributed by atoms with Gasteiger partial charge >= 0.3 is 0 Å². The van der Waals surface area contributed by atoms with Crippen molar-refractivity contribution < 1.29 is 4.74 Å². The smallest absolute Gasteiger partial charge is 0.179 e. The molecule has 0 radical (unpaired) electrons. The molecule has 0 aromatic carbocycles. The predicted octanol–water partition coefficient (Wildman–Crippen LogP) is 3.03. The first-order valence-corrected chi connectivity index (χ1v) is 6.13. The van der Waals surface area contributed by atoms with Crippen molar-refractivity contribution in [1.29, 1.82) is 0 Å². The van der Waals surface area contributed by atoms with Crippen LogP contribution in [-0.2, 0) is 11.3 Å². The number of imidazole rings is 1. The van der Waals surface area contributed by atoms with E-state index < -0.39 is 0 Å². The molecule has 4 nitrogen and oxygen atoms in total. The Morgan fingerprint density at radius 2 is 2.41 bits per heavy atom. The normalized spacial score (nSPS) is 13.1. The van der Waals surface area contributed by atoms with Gasteiger partial charge in [0, 0.05) is 19.9 Å². The number of ether oxygens (including phenoxy) is 1. The number of halogens is 1. The molecule has 0 amide bonds. The molecule has 0 aliphatic carbocycles. The molecule has 2 aromatic heterocycles. The highest BCUT2D eigenvalue weighted by atomic mass is 35.5. The Morgan fingerprint density at radius 3 is 3.12 bits per heavy atom. The summed E-state index contributed by atoms with van der Waals surface area (Å²) in [5.74, 6) is 0.378. The average molecular weight is 272 g/mol. The van der Waals surface area contributed by atoms with Crippen LogP contribution in [0.1, 0.15) is 6.92 Å². The number of rotatable bonds is 4. The lowest BCUT2D eigenvalue weighted by Crippen LogP contribution is -2.13. The lowest BCUT2D eigenvalue weighted by Gasteiger charge is -2.11. The molecule has 6 heteroatoms. The van der Waals surface area contributed by atoms with E-state index in [9.17, 15) is 0 Å². The van der Waals surface area contributed by atoms with Crippen molar-refractivity contribution in [3.8, 4) is 0 Å². The summed E-state index contributed by atoms with van der Waals surface area (Å²) >= 11 is 11.2. The molecule has 0 fully saturated rings. The third-order valence-electron chi connectivity index (χ3n) is 2.52. The molecule has 0 aliphatic heterocycles. The molecule has 92 valence electrons. The number of fused-ring (bicyclic) bond motifs is 1. The maximum atomic E-state index is 5.89. The molecular formula is C11H14ClN3OS. The Hall–Kier alpha value is -0.910. The minimum Gasteiger partial charge on any atom is -0.384 e. The van der Waals surface area contributed by atoms with Crippen molar-refractivity contribution in [2.45, 2.75) is 13.5 Å². The number of aromatic amines is 1. The van der Waals surface area contributed by atoms with E-state index in [-0.39, 0.29) is 0 Å². The van der Waals surface area contributed by atoms with Gasteiger partial charge in [-0.15, -0.1) is 0 Å². The second-order valence-electron chi connectivity index (χ2n) is 4.13. The average Bonchev–Trinajstić information content (AvgIpc) is 2.55. The van der Waals surface area contributed by atoms with Gasteiger partial charge in [-0.2, -0.15) is 0 Å². The van der Waals surface area contributed by atoms with Crippen LogP contribution in [0.15, 0.2) is 12.3 Å². The molecule has 1 N–H and O–H groups in total. The van der Waals surface area contributed by atoms with Gasteiger partial charge < -0.3 is 14.3 Å². The lowest BCUT2D eigenvalue weighted by molar-refractivity contribution is 0.152. The quantitative estimate of drug-likeness (QED) is 0.870. The highest BCUT2D eigenvalue weighted by Gasteiger charge is 2.09. The second-order valence-corrected chi connectivity index (χ2v) is 4.95. The Bertz CT molecular complexity index is 578. The largest absolute Gasteiger partial charge is 0.384 e. The van der Waals surface area contributed by atoms with Crippen LogP contribution in [0.2, 0.25) is 5.02 Å². The molecule has 2 aromatic rings. The summed E-state index contributed by atoms with van der Waals surface area (Å²) < 4.78 is 7.77. The van der Waals surface area contributed by atoms with E-state index in [1.807, 2.05) is 10.6 Å². The molecule has 0 saturated heterocycles. The van der Waals surface area contributed by atoms with Crippen LogP contribution in [-0.4, -0.2) is 28.3 Å². The van der Waals surface area contributed by atoms with E-state index in [2.05, 4.69) is 16.9 Å². The standard InChI is InChI=1S/C11H14ClN3OS/c1-7(6-16-2)5-15-10-9(14-11(15)17)3-8(12)4-13-10/h3-4,7H,5-6H2,1-2H3,(H,14,17). The van der Waals surface area contributed by atoms with Gasteiger partial charge in [-0.1, -0.05) is 18.5 Å². The highest BCUT2D eigenvalue weighted by Crippen LogP contribution is 2.17. The monoisotopic (exact) mass is 271 g/mol. The van der Waals surface area contributed by atoms with Crippen molar-refractivity contribution in [1.82, 2.24) is 14.5 Å². The topological polar surface area (TPSA) is 42.8 Å². The van der Waals surface area contributed by atoms with Crippen molar-refractivity contribution in [3.05, 3.63) is 22.1 Å². The van der Waals surface area contributed by atoms with Crippen LogP contribution < -0.4 is 0 Å². The van der Waals surface area contributed by atoms with Crippen molar-refractivity contribution >= 4 is 35.0 Å². The molecule has 0 aliphatic rings. The fraction of sp³-hybridized carbons (Fsp3) is 0.455. The van der Waals surface area contributed by atoms with Gasteiger partial charge in [0.1, 0.15) is 0 Å². The van der Waals surface area contributed by atoms with Gasteiger partial charge in [0.05, 0.1) is 17.1 Å². The molecule has 0 bridgehead atoms. The zero-order valence-electron chi connectivity index (χ0n) is 9.74. The summed E-state index contributed by atoms with van der Waals surface area (Å²) in [6, 6.07) is 1.83. The van der Waals surface area contributed by atoms with Gasteiger partial charge in [0.2, 0.25) is 0 Å². The van der Waals surface area contributed by atoms with Gasteiger partial charge in [-0.25, -0.2) is 4.98 Å². The second kappa shape index (κ2) is 5.16. The maximum Gasteiger partial charge on any atom is 0.179 e. The molecule has 0 saturated carbocycles. The number of hydrogen-bond acceptors (Lipinski definition) is 3. The minimum absolute atomic E-state index is 0.378. The van der Waals surface area contributed by atoms with E-state index in [0.29, 0.717) is 22.3 Å². The number of methoxy groups -OCH3 is 1. The molecule has 2 heterocycles. The van der Waals surface area contributed by atoms with Gasteiger partial charge in [0.25, 0.3) is 0 Å². The first-order chi connectivity index (χ1) is 8.11. The van der Waals surface area contributed by atoms with E-state index in [1.165, 1.54) is 0 Å². The summed E-state index contributed by atoms with van der Waals surface area (Å²) in [4.78, 5) is 7.41. The summed E-state index contributed by atoms with van der Waals surface area (Å²) in [5.41, 5.74) is 1.70. The molecule has 1 atom stereocenters. The Kier molecular flexibility index (Phi) is 3.81. The van der Waals surface area contributed by atoms with Gasteiger partial charge in [0.15, 0.2) is 10.4 Å². The predicted molar refractivity (Wildman–Crippen MR) is 71.0 cm³/mol. The zero-order valence-corrected chi connectivity index (χ0v) is 11.3. The van der Waals surface area contributed by atoms with E-state index in [4.69, 9.17) is 28.6 Å². The number of aromatic nitrogens is 3. The van der Waals surface area contributed by atoms with Crippen LogP contribution in [0, 0.1) is 10.7 Å². The Morgan fingerprint density at radius 1 is 1.65 bits per heavy atom. The fourth-order valence-electron chi connectivity index (χ4n) is 1.84. The van der Waals surface area contributed by atoms with E-state index >= 15 is 0 Å². The van der Waals surface area contributed by atoms with Crippen LogP contribution in [0.5, 0.6) is 0 Å². The SMILES string of the molecule is COCC(C)Cn1c(=S)[nH]c2cc(Cl)cnc21. The summed E-state index contributed by atoms with van der Waals surface area (Å²) in [7, 11) is 1.70. The molecule has 0 spiro atoms. The number of pyridine rings is 1. The molecule has 17 heavy (non-hydrogen) atoms. The Balaban J connectivity index is 2.40.